The summed E-state index contributed by atoms with van der Waals surface area (Å²) in [6, 6.07) is 6.63. The smallest absolute Gasteiger partial charge is 0.315 e. The van der Waals surface area contributed by atoms with Gasteiger partial charge in [0, 0.05) is 18.3 Å². The number of hydrogen-bond acceptors (Lipinski definition) is 5. The Labute approximate surface area is 127 Å². The van der Waals surface area contributed by atoms with E-state index in [-0.39, 0.29) is 29.3 Å². The van der Waals surface area contributed by atoms with E-state index in [0.717, 1.165) is 0 Å². The van der Waals surface area contributed by atoms with E-state index < -0.39 is 0 Å². The summed E-state index contributed by atoms with van der Waals surface area (Å²) in [7, 11) is 1.54. The minimum atomic E-state index is -0.336. The monoisotopic (exact) mass is 310 g/mol. The lowest BCUT2D eigenvalue weighted by molar-refractivity contribution is -0.139. The van der Waals surface area contributed by atoms with Crippen LogP contribution in [0.2, 0.25) is 0 Å². The molecule has 0 aliphatic heterocycles. The number of thioether (sulfide) groups is 1. The van der Waals surface area contributed by atoms with Crippen LogP contribution in [0.5, 0.6) is 0 Å². The Balaban J connectivity index is 2.44. The third-order valence-corrected chi connectivity index (χ3v) is 3.30. The fourth-order valence-electron chi connectivity index (χ4n) is 1.51. The van der Waals surface area contributed by atoms with Gasteiger partial charge in [-0.25, -0.2) is 0 Å². The van der Waals surface area contributed by atoms with Gasteiger partial charge < -0.3 is 15.4 Å². The molecule has 1 aromatic carbocycles. The molecule has 0 bridgehead atoms. The molecule has 0 heterocycles. The number of nitrogens with one attached hydrogen (secondary N) is 2. The normalized spacial score (nSPS) is 9.81. The van der Waals surface area contributed by atoms with E-state index in [1.165, 1.54) is 11.8 Å². The highest BCUT2D eigenvalue weighted by Crippen LogP contribution is 2.11. The summed E-state index contributed by atoms with van der Waals surface area (Å²) in [6.07, 6.45) is 0. The first-order valence-corrected chi connectivity index (χ1v) is 7.57. The summed E-state index contributed by atoms with van der Waals surface area (Å²) in [6.45, 7) is 2.06. The van der Waals surface area contributed by atoms with Crippen molar-refractivity contribution < 1.29 is 19.1 Å². The number of benzene rings is 1. The Bertz CT molecular complexity index is 519. The molecule has 0 aromatic heterocycles. The molecule has 0 fully saturated rings. The second-order valence-electron chi connectivity index (χ2n) is 4.01. The fourth-order valence-corrected chi connectivity index (χ4v) is 2.12. The van der Waals surface area contributed by atoms with Gasteiger partial charge in [0.05, 0.1) is 18.1 Å². The Morgan fingerprint density at radius 2 is 2.00 bits per heavy atom. The van der Waals surface area contributed by atoms with Crippen LogP contribution in [0, 0.1) is 0 Å². The fraction of sp³-hybridized carbons (Fsp3) is 0.357. The average Bonchev–Trinajstić information content (AvgIpc) is 2.47. The third-order valence-electron chi connectivity index (χ3n) is 2.39. The second-order valence-corrected chi connectivity index (χ2v) is 4.99. The third kappa shape index (κ3) is 6.31. The van der Waals surface area contributed by atoms with Gasteiger partial charge in [0.2, 0.25) is 5.91 Å². The minimum absolute atomic E-state index is 0.138. The molecule has 2 N–H and O–H groups in total. The average molecular weight is 310 g/mol. The molecule has 6 nitrogen and oxygen atoms in total. The molecule has 1 rings (SSSR count). The summed E-state index contributed by atoms with van der Waals surface area (Å²) in [5.41, 5.74) is 1.01. The molecule has 0 aliphatic rings. The quantitative estimate of drug-likeness (QED) is 0.741. The van der Waals surface area contributed by atoms with Crippen molar-refractivity contribution in [2.24, 2.45) is 0 Å². The lowest BCUT2D eigenvalue weighted by Gasteiger charge is -2.07. The molecular formula is C14H18N2O4S. The summed E-state index contributed by atoms with van der Waals surface area (Å²) in [5, 5.41) is 5.19. The zero-order valence-electron chi connectivity index (χ0n) is 12.0. The molecule has 2 amide bonds. The van der Waals surface area contributed by atoms with Crippen LogP contribution in [-0.2, 0) is 14.3 Å². The molecule has 0 spiro atoms. The number of hydrogen-bond donors (Lipinski definition) is 2. The number of ether oxygens (including phenoxy) is 1. The van der Waals surface area contributed by atoms with Crippen molar-refractivity contribution >= 4 is 35.2 Å². The van der Waals surface area contributed by atoms with Crippen LogP contribution >= 0.6 is 11.8 Å². The van der Waals surface area contributed by atoms with E-state index in [0.29, 0.717) is 17.9 Å². The highest BCUT2D eigenvalue weighted by molar-refractivity contribution is 8.00. The topological polar surface area (TPSA) is 84.5 Å². The SMILES string of the molecule is CCOC(=O)CSCC(=O)Nc1cccc(C(=O)NC)c1. The highest BCUT2D eigenvalue weighted by Gasteiger charge is 2.08. The van der Waals surface area contributed by atoms with Gasteiger partial charge in [0.15, 0.2) is 0 Å². The van der Waals surface area contributed by atoms with Gasteiger partial charge in [0.1, 0.15) is 0 Å². The molecule has 0 atom stereocenters. The number of carbonyl (C=O) groups excluding carboxylic acids is 3. The Kier molecular flexibility index (Phi) is 7.31. The maximum absolute atomic E-state index is 11.7. The van der Waals surface area contributed by atoms with Gasteiger partial charge >= 0.3 is 5.97 Å². The number of carbonyl (C=O) groups is 3. The van der Waals surface area contributed by atoms with Crippen molar-refractivity contribution in [3.63, 3.8) is 0 Å². The number of rotatable bonds is 7. The van der Waals surface area contributed by atoms with Crippen molar-refractivity contribution in [3.05, 3.63) is 29.8 Å². The molecule has 1 aromatic rings. The van der Waals surface area contributed by atoms with E-state index in [1.807, 2.05) is 0 Å². The molecule has 0 unspecified atom stereocenters. The van der Waals surface area contributed by atoms with Crippen LogP contribution in [0.1, 0.15) is 17.3 Å². The molecule has 0 saturated heterocycles. The lowest BCUT2D eigenvalue weighted by atomic mass is 10.2. The molecule has 7 heteroatoms. The highest BCUT2D eigenvalue weighted by atomic mass is 32.2. The first-order valence-electron chi connectivity index (χ1n) is 6.42. The predicted molar refractivity (Wildman–Crippen MR) is 82.4 cm³/mol. The number of esters is 1. The van der Waals surface area contributed by atoms with Gasteiger partial charge in [-0.15, -0.1) is 11.8 Å². The van der Waals surface area contributed by atoms with Crippen molar-refractivity contribution in [2.75, 3.05) is 30.5 Å². The van der Waals surface area contributed by atoms with Crippen LogP contribution in [0.3, 0.4) is 0 Å². The van der Waals surface area contributed by atoms with Gasteiger partial charge in [0.25, 0.3) is 5.91 Å². The van der Waals surface area contributed by atoms with Crippen molar-refractivity contribution in [2.45, 2.75) is 6.92 Å². The first kappa shape index (κ1) is 17.0. The summed E-state index contributed by atoms with van der Waals surface area (Å²) in [4.78, 5) is 34.3. The van der Waals surface area contributed by atoms with E-state index in [4.69, 9.17) is 4.74 Å². The lowest BCUT2D eigenvalue weighted by Crippen LogP contribution is -2.19. The summed E-state index contributed by atoms with van der Waals surface area (Å²) in [5.74, 6) is -0.513. The van der Waals surface area contributed by atoms with Crippen LogP contribution in [0.25, 0.3) is 0 Å². The van der Waals surface area contributed by atoms with E-state index in [1.54, 1.807) is 38.2 Å². The predicted octanol–water partition coefficient (Wildman–Crippen LogP) is 1.28. The second kappa shape index (κ2) is 9.02. The maximum Gasteiger partial charge on any atom is 0.315 e. The van der Waals surface area contributed by atoms with Crippen molar-refractivity contribution in [1.82, 2.24) is 5.32 Å². The largest absolute Gasteiger partial charge is 0.465 e. The van der Waals surface area contributed by atoms with E-state index in [2.05, 4.69) is 10.6 Å². The molecule has 0 saturated carbocycles. The minimum Gasteiger partial charge on any atom is -0.465 e. The summed E-state index contributed by atoms with van der Waals surface area (Å²) < 4.78 is 4.76. The molecule has 21 heavy (non-hydrogen) atoms. The molecule has 114 valence electrons. The van der Waals surface area contributed by atoms with Gasteiger partial charge in [-0.05, 0) is 25.1 Å². The van der Waals surface area contributed by atoms with Gasteiger partial charge in [-0.3, -0.25) is 14.4 Å². The van der Waals surface area contributed by atoms with Crippen LogP contribution in [0.15, 0.2) is 24.3 Å². The van der Waals surface area contributed by atoms with Crippen LogP contribution in [-0.4, -0.2) is 42.9 Å². The van der Waals surface area contributed by atoms with E-state index >= 15 is 0 Å². The van der Waals surface area contributed by atoms with Gasteiger partial charge in [-0.1, -0.05) is 6.07 Å². The van der Waals surface area contributed by atoms with Crippen molar-refractivity contribution in [1.29, 1.82) is 0 Å². The standard InChI is InChI=1S/C14H18N2O4S/c1-3-20-13(18)9-21-8-12(17)16-11-6-4-5-10(7-11)14(19)15-2/h4-7H,3,8-9H2,1-2H3,(H,15,19)(H,16,17). The zero-order chi connectivity index (χ0) is 15.7. The van der Waals surface area contributed by atoms with Crippen molar-refractivity contribution in [3.8, 4) is 0 Å². The molecular weight excluding hydrogens is 292 g/mol. The number of anilines is 1. The first-order chi connectivity index (χ1) is 10.1. The van der Waals surface area contributed by atoms with Gasteiger partial charge in [-0.2, -0.15) is 0 Å². The summed E-state index contributed by atoms with van der Waals surface area (Å²) >= 11 is 1.18. The zero-order valence-corrected chi connectivity index (χ0v) is 12.8. The Morgan fingerprint density at radius 3 is 2.67 bits per heavy atom. The Morgan fingerprint density at radius 1 is 1.24 bits per heavy atom. The van der Waals surface area contributed by atoms with Crippen LogP contribution < -0.4 is 10.6 Å². The maximum atomic E-state index is 11.7. The Hall–Kier alpha value is -2.02. The van der Waals surface area contributed by atoms with Crippen LogP contribution in [0.4, 0.5) is 5.69 Å². The number of amides is 2. The molecule has 0 aliphatic carbocycles. The molecule has 0 radical (unpaired) electrons. The van der Waals surface area contributed by atoms with E-state index in [9.17, 15) is 14.4 Å².